The average molecular weight is 350 g/mol. The summed E-state index contributed by atoms with van der Waals surface area (Å²) < 4.78 is 38.2. The minimum atomic E-state index is -4.08. The van der Waals surface area contributed by atoms with Crippen LogP contribution < -0.4 is 16.0 Å². The zero-order valence-electron chi connectivity index (χ0n) is 13.8. The third-order valence-corrected chi connectivity index (χ3v) is 4.51. The molecule has 3 N–H and O–H groups in total. The molecule has 0 amide bonds. The van der Waals surface area contributed by atoms with Crippen molar-refractivity contribution < 1.29 is 13.2 Å². The molecule has 4 nitrogen and oxygen atoms in total. The lowest BCUT2D eigenvalue weighted by Gasteiger charge is -2.34. The van der Waals surface area contributed by atoms with E-state index in [9.17, 15) is 13.2 Å². The first-order chi connectivity index (χ1) is 12.0. The molecule has 0 bridgehead atoms. The molecule has 2 heterocycles. The van der Waals surface area contributed by atoms with Gasteiger partial charge in [0.1, 0.15) is 0 Å². The molecule has 3 rings (SSSR count). The quantitative estimate of drug-likeness (QED) is 0.873. The van der Waals surface area contributed by atoms with E-state index >= 15 is 0 Å². The molecule has 0 atom stereocenters. The number of hydrogen-bond donors (Lipinski definition) is 2. The van der Waals surface area contributed by atoms with Crippen LogP contribution in [0.2, 0.25) is 0 Å². The van der Waals surface area contributed by atoms with Crippen molar-refractivity contribution in [2.75, 3.05) is 23.3 Å². The van der Waals surface area contributed by atoms with E-state index in [1.165, 1.54) is 0 Å². The van der Waals surface area contributed by atoms with Crippen molar-refractivity contribution in [1.82, 2.24) is 4.98 Å². The number of nitrogens with zero attached hydrogens (tertiary/aromatic N) is 2. The van der Waals surface area contributed by atoms with Gasteiger partial charge in [-0.15, -0.1) is 0 Å². The monoisotopic (exact) mass is 350 g/mol. The Morgan fingerprint density at radius 1 is 1.04 bits per heavy atom. The van der Waals surface area contributed by atoms with Gasteiger partial charge in [0.15, 0.2) is 0 Å². The van der Waals surface area contributed by atoms with Gasteiger partial charge in [-0.1, -0.05) is 0 Å². The maximum Gasteiger partial charge on any atom is 0.391 e. The highest BCUT2D eigenvalue weighted by Crippen LogP contribution is 2.35. The second kappa shape index (κ2) is 7.31. The number of rotatable bonds is 4. The van der Waals surface area contributed by atoms with Gasteiger partial charge in [-0.2, -0.15) is 13.2 Å². The van der Waals surface area contributed by atoms with Crippen LogP contribution in [-0.4, -0.2) is 24.2 Å². The highest BCUT2D eigenvalue weighted by molar-refractivity contribution is 5.62. The van der Waals surface area contributed by atoms with E-state index in [1.807, 2.05) is 41.3 Å². The largest absolute Gasteiger partial charge is 0.391 e. The van der Waals surface area contributed by atoms with Gasteiger partial charge in [0.25, 0.3) is 0 Å². The van der Waals surface area contributed by atoms with Crippen molar-refractivity contribution in [1.29, 1.82) is 0 Å². The maximum absolute atomic E-state index is 12.7. The molecule has 0 aliphatic carbocycles. The van der Waals surface area contributed by atoms with Crippen LogP contribution in [0, 0.1) is 5.92 Å². The van der Waals surface area contributed by atoms with Gasteiger partial charge in [0.2, 0.25) is 0 Å². The summed E-state index contributed by atoms with van der Waals surface area (Å²) in [5.74, 6) is -1.17. The first kappa shape index (κ1) is 17.5. The van der Waals surface area contributed by atoms with Gasteiger partial charge in [0.05, 0.1) is 23.5 Å². The summed E-state index contributed by atoms with van der Waals surface area (Å²) in [7, 11) is 0. The Kier molecular flexibility index (Phi) is 5.13. The maximum atomic E-state index is 12.7. The number of alkyl halides is 3. The van der Waals surface area contributed by atoms with Gasteiger partial charge in [-0.25, -0.2) is 0 Å². The second-order valence-corrected chi connectivity index (χ2v) is 6.22. The van der Waals surface area contributed by atoms with E-state index in [-0.39, 0.29) is 12.8 Å². The number of aromatic nitrogens is 1. The summed E-state index contributed by atoms with van der Waals surface area (Å²) in [6, 6.07) is 11.5. The molecule has 0 saturated carbocycles. The normalized spacial score (nSPS) is 16.1. The summed E-state index contributed by atoms with van der Waals surface area (Å²) >= 11 is 0. The molecule has 0 radical (unpaired) electrons. The molecule has 134 valence electrons. The van der Waals surface area contributed by atoms with Crippen LogP contribution in [-0.2, 0) is 6.54 Å². The molecule has 1 aromatic carbocycles. The zero-order chi connectivity index (χ0) is 17.9. The van der Waals surface area contributed by atoms with Crippen molar-refractivity contribution >= 4 is 17.1 Å². The lowest BCUT2D eigenvalue weighted by molar-refractivity contribution is -0.179. The standard InChI is InChI=1S/C18H21F3N4/c19-18(20,21)13-7-9-25(10-8-13)17-5-3-14(4-6-17)24-16-2-1-15(11-22)23-12-16/h1-6,12-13,24H,7-11,22H2. The highest BCUT2D eigenvalue weighted by atomic mass is 19.4. The molecular weight excluding hydrogens is 329 g/mol. The predicted octanol–water partition coefficient (Wildman–Crippen LogP) is 4.06. The Bertz CT molecular complexity index is 675. The Morgan fingerprint density at radius 2 is 1.68 bits per heavy atom. The van der Waals surface area contributed by atoms with Crippen molar-refractivity contribution in [2.24, 2.45) is 11.7 Å². The molecule has 0 unspecified atom stereocenters. The van der Waals surface area contributed by atoms with E-state index < -0.39 is 12.1 Å². The second-order valence-electron chi connectivity index (χ2n) is 6.22. The number of halogens is 3. The van der Waals surface area contributed by atoms with Gasteiger partial charge < -0.3 is 16.0 Å². The molecule has 1 fully saturated rings. The number of pyridine rings is 1. The lowest BCUT2D eigenvalue weighted by Crippen LogP contribution is -2.38. The van der Waals surface area contributed by atoms with Crippen LogP contribution in [0.1, 0.15) is 18.5 Å². The number of nitrogens with one attached hydrogen (secondary N) is 1. The Labute approximate surface area is 144 Å². The summed E-state index contributed by atoms with van der Waals surface area (Å²) in [6.45, 7) is 1.27. The number of benzene rings is 1. The average Bonchev–Trinajstić information content (AvgIpc) is 2.62. The number of nitrogens with two attached hydrogens (primary N) is 1. The molecule has 25 heavy (non-hydrogen) atoms. The van der Waals surface area contributed by atoms with Gasteiger partial charge >= 0.3 is 6.18 Å². The predicted molar refractivity (Wildman–Crippen MR) is 92.8 cm³/mol. The molecule has 0 spiro atoms. The molecule has 7 heteroatoms. The van der Waals surface area contributed by atoms with E-state index in [1.54, 1.807) is 6.20 Å². The van der Waals surface area contributed by atoms with E-state index in [0.717, 1.165) is 22.8 Å². The minimum absolute atomic E-state index is 0.155. The Balaban J connectivity index is 1.59. The first-order valence-electron chi connectivity index (χ1n) is 8.29. The molecular formula is C18H21F3N4. The third-order valence-electron chi connectivity index (χ3n) is 4.51. The zero-order valence-corrected chi connectivity index (χ0v) is 13.8. The number of piperidine rings is 1. The topological polar surface area (TPSA) is 54.2 Å². The van der Waals surface area contributed by atoms with Crippen LogP contribution in [0.15, 0.2) is 42.6 Å². The van der Waals surface area contributed by atoms with Crippen molar-refractivity contribution in [2.45, 2.75) is 25.6 Å². The van der Waals surface area contributed by atoms with E-state index in [2.05, 4.69) is 10.3 Å². The van der Waals surface area contributed by atoms with Crippen molar-refractivity contribution in [3.05, 3.63) is 48.3 Å². The highest BCUT2D eigenvalue weighted by Gasteiger charge is 2.41. The fraction of sp³-hybridized carbons (Fsp3) is 0.389. The van der Waals surface area contributed by atoms with E-state index in [4.69, 9.17) is 5.73 Å². The van der Waals surface area contributed by atoms with Crippen LogP contribution in [0.4, 0.5) is 30.2 Å². The Morgan fingerprint density at radius 3 is 2.20 bits per heavy atom. The van der Waals surface area contributed by atoms with Crippen LogP contribution in [0.25, 0.3) is 0 Å². The fourth-order valence-corrected chi connectivity index (χ4v) is 3.01. The summed E-state index contributed by atoms with van der Waals surface area (Å²) in [4.78, 5) is 6.23. The lowest BCUT2D eigenvalue weighted by atomic mass is 9.96. The third kappa shape index (κ3) is 4.42. The molecule has 1 saturated heterocycles. The van der Waals surface area contributed by atoms with Crippen molar-refractivity contribution in [3.8, 4) is 0 Å². The molecule has 2 aromatic rings. The van der Waals surface area contributed by atoms with Gasteiger partial charge in [-0.05, 0) is 49.2 Å². The Hall–Kier alpha value is -2.28. The minimum Gasteiger partial charge on any atom is -0.372 e. The van der Waals surface area contributed by atoms with E-state index in [0.29, 0.717) is 19.6 Å². The molecule has 1 aliphatic rings. The molecule has 1 aliphatic heterocycles. The number of anilines is 3. The summed E-state index contributed by atoms with van der Waals surface area (Å²) in [5, 5.41) is 3.24. The SMILES string of the molecule is NCc1ccc(Nc2ccc(N3CCC(C(F)(F)F)CC3)cc2)cn1. The summed E-state index contributed by atoms with van der Waals surface area (Å²) in [5.41, 5.74) is 9.05. The van der Waals surface area contributed by atoms with Crippen LogP contribution in [0.5, 0.6) is 0 Å². The smallest absolute Gasteiger partial charge is 0.372 e. The van der Waals surface area contributed by atoms with Gasteiger partial charge in [0, 0.05) is 31.0 Å². The first-order valence-corrected chi connectivity index (χ1v) is 8.29. The van der Waals surface area contributed by atoms with Gasteiger partial charge in [-0.3, -0.25) is 4.98 Å². The van der Waals surface area contributed by atoms with Crippen molar-refractivity contribution in [3.63, 3.8) is 0 Å². The number of hydrogen-bond acceptors (Lipinski definition) is 4. The molecule has 1 aromatic heterocycles. The summed E-state index contributed by atoms with van der Waals surface area (Å²) in [6.07, 6.45) is -2.04. The fourth-order valence-electron chi connectivity index (χ4n) is 3.01. The van der Waals surface area contributed by atoms with Crippen LogP contribution in [0.3, 0.4) is 0 Å². The van der Waals surface area contributed by atoms with Crippen LogP contribution >= 0.6 is 0 Å².